The highest BCUT2D eigenvalue weighted by molar-refractivity contribution is 5.73. The third-order valence-corrected chi connectivity index (χ3v) is 3.39. The van der Waals surface area contributed by atoms with Crippen molar-refractivity contribution in [3.05, 3.63) is 33.9 Å². The molecule has 0 aliphatic carbocycles. The highest BCUT2D eigenvalue weighted by Crippen LogP contribution is 2.27. The van der Waals surface area contributed by atoms with E-state index in [0.717, 1.165) is 18.7 Å². The summed E-state index contributed by atoms with van der Waals surface area (Å²) in [6, 6.07) is 4.81. The van der Waals surface area contributed by atoms with Crippen molar-refractivity contribution in [2.24, 2.45) is 0 Å². The van der Waals surface area contributed by atoms with Gasteiger partial charge in [-0.05, 0) is 18.6 Å². The number of hydrogen-bond acceptors (Lipinski definition) is 5. The Hall–Kier alpha value is -2.15. The number of rotatable bonds is 4. The smallest absolute Gasteiger partial charge is 0.275 e. The number of nitro groups is 1. The van der Waals surface area contributed by atoms with Gasteiger partial charge in [-0.2, -0.15) is 0 Å². The van der Waals surface area contributed by atoms with Gasteiger partial charge in [-0.1, -0.05) is 0 Å². The molecule has 0 bridgehead atoms. The van der Waals surface area contributed by atoms with Crippen molar-refractivity contribution in [2.75, 3.05) is 18.0 Å². The fraction of sp³-hybridized carbons (Fsp3) is 0.462. The van der Waals surface area contributed by atoms with E-state index in [2.05, 4.69) is 5.32 Å². The van der Waals surface area contributed by atoms with Crippen molar-refractivity contribution in [3.8, 4) is 0 Å². The van der Waals surface area contributed by atoms with Crippen LogP contribution in [0.15, 0.2) is 18.2 Å². The molecule has 7 heteroatoms. The van der Waals surface area contributed by atoms with Gasteiger partial charge in [-0.25, -0.2) is 0 Å². The molecule has 2 rings (SSSR count). The maximum Gasteiger partial charge on any atom is 0.275 e. The zero-order valence-electron chi connectivity index (χ0n) is 11.2. The molecule has 1 aromatic carbocycles. The number of nitrogens with one attached hydrogen (secondary N) is 1. The molecule has 1 saturated heterocycles. The normalized spacial score (nSPS) is 18.1. The summed E-state index contributed by atoms with van der Waals surface area (Å²) in [5.74, 6) is -0.0587. The van der Waals surface area contributed by atoms with Crippen LogP contribution >= 0.6 is 0 Å². The Morgan fingerprint density at radius 2 is 2.35 bits per heavy atom. The van der Waals surface area contributed by atoms with Crippen molar-refractivity contribution in [3.63, 3.8) is 0 Å². The maximum atomic E-state index is 11.0. The van der Waals surface area contributed by atoms with E-state index in [9.17, 15) is 20.0 Å². The van der Waals surface area contributed by atoms with Gasteiger partial charge in [0.05, 0.1) is 17.1 Å². The van der Waals surface area contributed by atoms with Gasteiger partial charge in [0, 0.05) is 37.8 Å². The first-order valence-electron chi connectivity index (χ1n) is 6.41. The van der Waals surface area contributed by atoms with Gasteiger partial charge in [0.1, 0.15) is 0 Å². The minimum atomic E-state index is -0.501. The second kappa shape index (κ2) is 5.87. The molecular weight excluding hydrogens is 262 g/mol. The molecule has 0 radical (unpaired) electrons. The number of nitro benzene ring substituents is 1. The molecule has 0 saturated carbocycles. The Morgan fingerprint density at radius 3 is 2.95 bits per heavy atom. The lowest BCUT2D eigenvalue weighted by Gasteiger charge is -2.19. The van der Waals surface area contributed by atoms with Crippen molar-refractivity contribution in [1.82, 2.24) is 5.32 Å². The largest absolute Gasteiger partial charge is 0.391 e. The highest BCUT2D eigenvalue weighted by Gasteiger charge is 2.24. The van der Waals surface area contributed by atoms with Crippen LogP contribution in [0.2, 0.25) is 0 Å². The molecule has 1 heterocycles. The van der Waals surface area contributed by atoms with Crippen LogP contribution in [0.3, 0.4) is 0 Å². The summed E-state index contributed by atoms with van der Waals surface area (Å²) in [5.41, 5.74) is 1.05. The van der Waals surface area contributed by atoms with Gasteiger partial charge >= 0.3 is 0 Å². The van der Waals surface area contributed by atoms with Crippen LogP contribution in [0.25, 0.3) is 0 Å². The van der Waals surface area contributed by atoms with E-state index >= 15 is 0 Å². The van der Waals surface area contributed by atoms with Crippen molar-refractivity contribution in [2.45, 2.75) is 26.0 Å². The van der Waals surface area contributed by atoms with Gasteiger partial charge in [0.2, 0.25) is 5.91 Å². The first kappa shape index (κ1) is 14.3. The van der Waals surface area contributed by atoms with E-state index in [4.69, 9.17) is 0 Å². The molecule has 7 nitrogen and oxygen atoms in total. The fourth-order valence-electron chi connectivity index (χ4n) is 2.47. The lowest BCUT2D eigenvalue weighted by atomic mass is 10.1. The summed E-state index contributed by atoms with van der Waals surface area (Å²) in [6.45, 7) is 2.56. The second-order valence-corrected chi connectivity index (χ2v) is 4.86. The fourth-order valence-corrected chi connectivity index (χ4v) is 2.47. The Morgan fingerprint density at radius 1 is 1.60 bits per heavy atom. The van der Waals surface area contributed by atoms with E-state index in [-0.39, 0.29) is 24.2 Å². The Bertz CT molecular complexity index is 532. The lowest BCUT2D eigenvalue weighted by molar-refractivity contribution is -0.385. The molecule has 1 atom stereocenters. The molecule has 1 aliphatic heterocycles. The predicted octanol–water partition coefficient (Wildman–Crippen LogP) is 0.802. The maximum absolute atomic E-state index is 11.0. The number of carbonyl (C=O) groups excluding carboxylic acids is 1. The molecular formula is C13H17N3O4. The summed E-state index contributed by atoms with van der Waals surface area (Å²) in [6.07, 6.45) is 0.838. The number of carbonyl (C=O) groups is 1. The van der Waals surface area contributed by atoms with Crippen LogP contribution in [-0.4, -0.2) is 35.1 Å². The monoisotopic (exact) mass is 279 g/mol. The third-order valence-electron chi connectivity index (χ3n) is 3.39. The summed E-state index contributed by atoms with van der Waals surface area (Å²) in [4.78, 5) is 23.4. The summed E-state index contributed by atoms with van der Waals surface area (Å²) < 4.78 is 0. The van der Waals surface area contributed by atoms with Crippen molar-refractivity contribution in [1.29, 1.82) is 0 Å². The summed E-state index contributed by atoms with van der Waals surface area (Å²) in [5, 5.41) is 22.9. The molecule has 1 amide bonds. The number of nitrogens with zero attached hydrogens (tertiary/aromatic N) is 2. The van der Waals surface area contributed by atoms with Crippen molar-refractivity contribution < 1.29 is 14.8 Å². The highest BCUT2D eigenvalue weighted by atomic mass is 16.6. The molecule has 108 valence electrons. The topological polar surface area (TPSA) is 95.7 Å². The molecule has 1 fully saturated rings. The molecule has 1 aliphatic rings. The molecule has 0 aromatic heterocycles. The van der Waals surface area contributed by atoms with Gasteiger partial charge in [0.25, 0.3) is 5.69 Å². The SMILES string of the molecule is CC(=O)NC1CCN(c2ccc([N+](=O)[O-])c(CO)c2)C1. The summed E-state index contributed by atoms with van der Waals surface area (Å²) >= 11 is 0. The first-order chi connectivity index (χ1) is 9.51. The zero-order chi connectivity index (χ0) is 14.7. The third kappa shape index (κ3) is 3.05. The molecule has 0 spiro atoms. The van der Waals surface area contributed by atoms with Crippen molar-refractivity contribution >= 4 is 17.3 Å². The van der Waals surface area contributed by atoms with E-state index in [1.54, 1.807) is 12.1 Å². The average Bonchev–Trinajstić information content (AvgIpc) is 2.85. The number of aliphatic hydroxyl groups is 1. The van der Waals surface area contributed by atoms with Crippen LogP contribution < -0.4 is 10.2 Å². The Labute approximate surface area is 116 Å². The number of benzene rings is 1. The minimum absolute atomic E-state index is 0.0587. The number of amides is 1. The lowest BCUT2D eigenvalue weighted by Crippen LogP contribution is -2.35. The zero-order valence-corrected chi connectivity index (χ0v) is 11.2. The number of aliphatic hydroxyl groups excluding tert-OH is 1. The van der Waals surface area contributed by atoms with Gasteiger partial charge in [-0.15, -0.1) is 0 Å². The molecule has 20 heavy (non-hydrogen) atoms. The van der Waals surface area contributed by atoms with Crippen LogP contribution in [0.1, 0.15) is 18.9 Å². The van der Waals surface area contributed by atoms with E-state index in [0.29, 0.717) is 12.1 Å². The summed E-state index contributed by atoms with van der Waals surface area (Å²) in [7, 11) is 0. The number of anilines is 1. The second-order valence-electron chi connectivity index (χ2n) is 4.86. The first-order valence-corrected chi connectivity index (χ1v) is 6.41. The van der Waals surface area contributed by atoms with Crippen LogP contribution in [0.4, 0.5) is 11.4 Å². The standard InChI is InChI=1S/C13H17N3O4/c1-9(18)14-11-4-5-15(7-11)12-2-3-13(16(19)20)10(6-12)8-17/h2-3,6,11,17H,4-5,7-8H2,1H3,(H,14,18). The van der Waals surface area contributed by atoms with Crippen LogP contribution in [0, 0.1) is 10.1 Å². The van der Waals surface area contributed by atoms with E-state index in [1.165, 1.54) is 13.0 Å². The van der Waals surface area contributed by atoms with Crippen LogP contribution in [0.5, 0.6) is 0 Å². The van der Waals surface area contributed by atoms with E-state index in [1.807, 2.05) is 4.90 Å². The van der Waals surface area contributed by atoms with Gasteiger partial charge in [-0.3, -0.25) is 14.9 Å². The average molecular weight is 279 g/mol. The molecule has 1 unspecified atom stereocenters. The predicted molar refractivity (Wildman–Crippen MR) is 73.5 cm³/mol. The Balaban J connectivity index is 2.14. The number of hydrogen-bond donors (Lipinski definition) is 2. The van der Waals surface area contributed by atoms with Crippen LogP contribution in [-0.2, 0) is 11.4 Å². The van der Waals surface area contributed by atoms with E-state index < -0.39 is 4.92 Å². The minimum Gasteiger partial charge on any atom is -0.391 e. The van der Waals surface area contributed by atoms with Gasteiger partial charge < -0.3 is 15.3 Å². The Kier molecular flexibility index (Phi) is 4.19. The molecule has 2 N–H and O–H groups in total. The quantitative estimate of drug-likeness (QED) is 0.628. The molecule has 1 aromatic rings. The van der Waals surface area contributed by atoms with Gasteiger partial charge in [0.15, 0.2) is 0 Å².